The molecule has 2 nitrogen and oxygen atoms in total. The van der Waals surface area contributed by atoms with E-state index in [-0.39, 0.29) is 5.78 Å². The first-order chi connectivity index (χ1) is 9.34. The maximum absolute atomic E-state index is 11.7. The first-order valence-electron chi connectivity index (χ1n) is 6.93. The molecule has 0 fully saturated rings. The highest BCUT2D eigenvalue weighted by molar-refractivity contribution is 5.98. The zero-order chi connectivity index (χ0) is 13.7. The first-order valence-corrected chi connectivity index (χ1v) is 6.93. The average Bonchev–Trinajstić information content (AvgIpc) is 2.50. The summed E-state index contributed by atoms with van der Waals surface area (Å²) in [6, 6.07) is 13.9. The van der Waals surface area contributed by atoms with Crippen molar-refractivity contribution < 1.29 is 4.79 Å². The van der Waals surface area contributed by atoms with Crippen molar-refractivity contribution in [2.45, 2.75) is 33.1 Å². The number of aryl methyl sites for hydroxylation is 1. The Hall–Kier alpha value is -1.96. The number of rotatable bonds is 1. The molecule has 2 heteroatoms. The lowest BCUT2D eigenvalue weighted by Crippen LogP contribution is -2.12. The van der Waals surface area contributed by atoms with E-state index in [9.17, 15) is 4.79 Å². The van der Waals surface area contributed by atoms with Crippen molar-refractivity contribution in [3.63, 3.8) is 0 Å². The first kappa shape index (κ1) is 13.5. The van der Waals surface area contributed by atoms with Gasteiger partial charge in [0, 0.05) is 17.5 Å². The van der Waals surface area contributed by atoms with Gasteiger partial charge < -0.3 is 0 Å². The van der Waals surface area contributed by atoms with Gasteiger partial charge in [-0.05, 0) is 25.0 Å². The monoisotopic (exact) mass is 253 g/mol. The second-order valence-electron chi connectivity index (χ2n) is 4.33. The summed E-state index contributed by atoms with van der Waals surface area (Å²) >= 11 is 0. The standard InChI is InChI=1S/C15H13NO.C2H6/c17-15-8-4-7-14-12(15)9-10-13(16-14)11-5-2-1-3-6-11;1-2/h1-3,5-6,9-10H,4,7-8H2;1-2H3. The molecule has 1 aliphatic rings. The Balaban J connectivity index is 0.000000637. The van der Waals surface area contributed by atoms with E-state index in [1.165, 1.54) is 0 Å². The van der Waals surface area contributed by atoms with E-state index < -0.39 is 0 Å². The van der Waals surface area contributed by atoms with Gasteiger partial charge in [-0.1, -0.05) is 44.2 Å². The van der Waals surface area contributed by atoms with Gasteiger partial charge >= 0.3 is 0 Å². The third kappa shape index (κ3) is 2.90. The number of carbonyl (C=O) groups is 1. The normalized spacial score (nSPS) is 13.3. The molecule has 3 rings (SSSR count). The van der Waals surface area contributed by atoms with E-state index in [4.69, 9.17) is 0 Å². The quantitative estimate of drug-likeness (QED) is 0.758. The van der Waals surface area contributed by atoms with Crippen molar-refractivity contribution in [3.05, 3.63) is 53.7 Å². The van der Waals surface area contributed by atoms with E-state index in [2.05, 4.69) is 4.98 Å². The summed E-state index contributed by atoms with van der Waals surface area (Å²) in [6.07, 6.45) is 2.51. The van der Waals surface area contributed by atoms with Crippen LogP contribution in [0.15, 0.2) is 42.5 Å². The van der Waals surface area contributed by atoms with Gasteiger partial charge in [-0.3, -0.25) is 9.78 Å². The molecule has 2 aromatic rings. The highest BCUT2D eigenvalue weighted by atomic mass is 16.1. The van der Waals surface area contributed by atoms with Crippen LogP contribution in [-0.2, 0) is 6.42 Å². The molecule has 98 valence electrons. The Bertz CT molecular complexity index is 561. The lowest BCUT2D eigenvalue weighted by atomic mass is 9.94. The van der Waals surface area contributed by atoms with Crippen LogP contribution in [0.1, 0.15) is 42.7 Å². The van der Waals surface area contributed by atoms with Gasteiger partial charge in [-0.25, -0.2) is 0 Å². The zero-order valence-corrected chi connectivity index (χ0v) is 11.5. The molecular weight excluding hydrogens is 234 g/mol. The Morgan fingerprint density at radius 2 is 1.68 bits per heavy atom. The summed E-state index contributed by atoms with van der Waals surface area (Å²) in [4.78, 5) is 16.3. The molecule has 0 spiro atoms. The number of pyridine rings is 1. The molecular formula is C17H19NO. The molecule has 19 heavy (non-hydrogen) atoms. The maximum Gasteiger partial charge on any atom is 0.164 e. The minimum absolute atomic E-state index is 0.235. The molecule has 0 atom stereocenters. The fourth-order valence-electron chi connectivity index (χ4n) is 2.27. The molecule has 1 aliphatic carbocycles. The molecule has 1 aromatic heterocycles. The lowest BCUT2D eigenvalue weighted by molar-refractivity contribution is 0.0971. The summed E-state index contributed by atoms with van der Waals surface area (Å²) < 4.78 is 0. The number of nitrogens with zero attached hydrogens (tertiary/aromatic N) is 1. The topological polar surface area (TPSA) is 30.0 Å². The van der Waals surface area contributed by atoms with Gasteiger partial charge in [0.2, 0.25) is 0 Å². The summed E-state index contributed by atoms with van der Waals surface area (Å²) in [5.41, 5.74) is 3.84. The van der Waals surface area contributed by atoms with Gasteiger partial charge in [0.25, 0.3) is 0 Å². The van der Waals surface area contributed by atoms with E-state index in [1.807, 2.05) is 56.3 Å². The maximum atomic E-state index is 11.7. The van der Waals surface area contributed by atoms with Gasteiger partial charge in [-0.2, -0.15) is 0 Å². The van der Waals surface area contributed by atoms with E-state index in [0.717, 1.165) is 35.4 Å². The summed E-state index contributed by atoms with van der Waals surface area (Å²) in [6.45, 7) is 4.00. The van der Waals surface area contributed by atoms with E-state index >= 15 is 0 Å². The number of fused-ring (bicyclic) bond motifs is 1. The van der Waals surface area contributed by atoms with Gasteiger partial charge in [0.1, 0.15) is 0 Å². The summed E-state index contributed by atoms with van der Waals surface area (Å²) in [7, 11) is 0. The van der Waals surface area contributed by atoms with E-state index in [1.54, 1.807) is 0 Å². The minimum Gasteiger partial charge on any atom is -0.294 e. The van der Waals surface area contributed by atoms with Gasteiger partial charge in [-0.15, -0.1) is 0 Å². The zero-order valence-electron chi connectivity index (χ0n) is 11.5. The second-order valence-corrected chi connectivity index (χ2v) is 4.33. The largest absolute Gasteiger partial charge is 0.294 e. The smallest absolute Gasteiger partial charge is 0.164 e. The van der Waals surface area contributed by atoms with Crippen LogP contribution in [0, 0.1) is 0 Å². The van der Waals surface area contributed by atoms with Crippen LogP contribution < -0.4 is 0 Å². The number of carbonyl (C=O) groups excluding carboxylic acids is 1. The summed E-state index contributed by atoms with van der Waals surface area (Å²) in [5, 5.41) is 0. The molecule has 0 amide bonds. The Labute approximate surface area is 114 Å². The predicted molar refractivity (Wildman–Crippen MR) is 78.3 cm³/mol. The van der Waals surface area contributed by atoms with Gasteiger partial charge in [0.15, 0.2) is 5.78 Å². The molecule has 0 saturated carbocycles. The van der Waals surface area contributed by atoms with Crippen molar-refractivity contribution in [2.24, 2.45) is 0 Å². The SMILES string of the molecule is CC.O=C1CCCc2nc(-c3ccccc3)ccc21. The van der Waals surface area contributed by atoms with Gasteiger partial charge in [0.05, 0.1) is 11.4 Å². The van der Waals surface area contributed by atoms with Crippen molar-refractivity contribution in [1.29, 1.82) is 0 Å². The molecule has 0 saturated heterocycles. The number of hydrogen-bond acceptors (Lipinski definition) is 2. The highest BCUT2D eigenvalue weighted by Crippen LogP contribution is 2.24. The third-order valence-electron chi connectivity index (χ3n) is 3.16. The fraction of sp³-hybridized carbons (Fsp3) is 0.294. The van der Waals surface area contributed by atoms with Crippen LogP contribution >= 0.6 is 0 Å². The van der Waals surface area contributed by atoms with Crippen molar-refractivity contribution in [1.82, 2.24) is 4.98 Å². The summed E-state index contributed by atoms with van der Waals surface area (Å²) in [5.74, 6) is 0.235. The molecule has 1 aromatic carbocycles. The molecule has 0 N–H and O–H groups in total. The Morgan fingerprint density at radius 1 is 0.947 bits per heavy atom. The molecule has 0 radical (unpaired) electrons. The number of benzene rings is 1. The third-order valence-corrected chi connectivity index (χ3v) is 3.16. The number of aromatic nitrogens is 1. The van der Waals surface area contributed by atoms with Crippen LogP contribution in [-0.4, -0.2) is 10.8 Å². The Morgan fingerprint density at radius 3 is 2.42 bits per heavy atom. The van der Waals surface area contributed by atoms with Crippen LogP contribution in [0.3, 0.4) is 0 Å². The molecule has 1 heterocycles. The van der Waals surface area contributed by atoms with Crippen LogP contribution in [0.4, 0.5) is 0 Å². The molecule has 0 aliphatic heterocycles. The number of hydrogen-bond donors (Lipinski definition) is 0. The van der Waals surface area contributed by atoms with Crippen molar-refractivity contribution >= 4 is 5.78 Å². The van der Waals surface area contributed by atoms with Crippen molar-refractivity contribution in [2.75, 3.05) is 0 Å². The lowest BCUT2D eigenvalue weighted by Gasteiger charge is -2.14. The number of ketones is 1. The average molecular weight is 253 g/mol. The Kier molecular flexibility index (Phi) is 4.45. The van der Waals surface area contributed by atoms with Crippen LogP contribution in [0.25, 0.3) is 11.3 Å². The predicted octanol–water partition coefficient (Wildman–Crippen LogP) is 4.29. The van der Waals surface area contributed by atoms with Crippen LogP contribution in [0.2, 0.25) is 0 Å². The second kappa shape index (κ2) is 6.28. The fourth-order valence-corrected chi connectivity index (χ4v) is 2.27. The van der Waals surface area contributed by atoms with Crippen LogP contribution in [0.5, 0.6) is 0 Å². The van der Waals surface area contributed by atoms with E-state index in [0.29, 0.717) is 6.42 Å². The minimum atomic E-state index is 0.235. The molecule has 0 unspecified atom stereocenters. The number of Topliss-reactive ketones (excluding diaryl/α,β-unsaturated/α-hetero) is 1. The van der Waals surface area contributed by atoms with Crippen molar-refractivity contribution in [3.8, 4) is 11.3 Å². The highest BCUT2D eigenvalue weighted by Gasteiger charge is 2.18. The molecule has 0 bridgehead atoms.